The summed E-state index contributed by atoms with van der Waals surface area (Å²) in [6.07, 6.45) is -0.589. The van der Waals surface area contributed by atoms with Crippen LogP contribution in [-0.2, 0) is 14.3 Å². The number of hydrogen-bond acceptors (Lipinski definition) is 4. The number of nitrogens with one attached hydrogen (secondary N) is 1. The van der Waals surface area contributed by atoms with E-state index >= 15 is 0 Å². The van der Waals surface area contributed by atoms with E-state index in [1.807, 2.05) is 55.5 Å². The molecule has 0 radical (unpaired) electrons. The number of amides is 2. The lowest BCUT2D eigenvalue weighted by atomic mass is 9.88. The van der Waals surface area contributed by atoms with Gasteiger partial charge in [-0.2, -0.15) is 0 Å². The summed E-state index contributed by atoms with van der Waals surface area (Å²) in [4.78, 5) is 38.6. The number of hydrogen-bond donors (Lipinski definition) is 2. The highest BCUT2D eigenvalue weighted by atomic mass is 16.5. The van der Waals surface area contributed by atoms with Crippen molar-refractivity contribution in [2.75, 3.05) is 13.7 Å². The van der Waals surface area contributed by atoms with Crippen molar-refractivity contribution in [1.29, 1.82) is 0 Å². The highest BCUT2D eigenvalue weighted by Gasteiger charge is 2.32. The molecule has 2 aromatic carbocycles. The minimum Gasteiger partial charge on any atom is -0.481 e. The minimum atomic E-state index is -1.21. The third-order valence-corrected chi connectivity index (χ3v) is 6.23. The van der Waals surface area contributed by atoms with Crippen LogP contribution in [0.2, 0.25) is 0 Å². The molecule has 7 nitrogen and oxygen atoms in total. The molecule has 1 aliphatic rings. The summed E-state index contributed by atoms with van der Waals surface area (Å²) in [5.41, 5.74) is 4.37. The molecular weight excluding hydrogens is 432 g/mol. The fraction of sp³-hybridized carbons (Fsp3) is 0.444. The van der Waals surface area contributed by atoms with E-state index in [1.54, 1.807) is 7.05 Å². The molecule has 7 heteroatoms. The highest BCUT2D eigenvalue weighted by molar-refractivity contribution is 5.89. The van der Waals surface area contributed by atoms with Gasteiger partial charge in [0.2, 0.25) is 5.91 Å². The normalized spacial score (nSPS) is 14.5. The quantitative estimate of drug-likeness (QED) is 0.590. The molecule has 0 aromatic heterocycles. The van der Waals surface area contributed by atoms with E-state index in [9.17, 15) is 19.5 Å². The van der Waals surface area contributed by atoms with Crippen LogP contribution in [0.1, 0.15) is 57.6 Å². The molecular formula is C27H34N2O5. The fourth-order valence-electron chi connectivity index (χ4n) is 4.64. The summed E-state index contributed by atoms with van der Waals surface area (Å²) in [5.74, 6) is -1.75. The van der Waals surface area contributed by atoms with Crippen LogP contribution in [0, 0.1) is 5.41 Å². The molecule has 0 heterocycles. The molecule has 1 aliphatic carbocycles. The number of fused-ring (bicyclic) bond motifs is 3. The Bertz CT molecular complexity index is 1010. The lowest BCUT2D eigenvalue weighted by Gasteiger charge is -2.32. The molecule has 2 amide bonds. The average Bonchev–Trinajstić information content (AvgIpc) is 3.08. The van der Waals surface area contributed by atoms with Crippen LogP contribution < -0.4 is 5.32 Å². The fourth-order valence-corrected chi connectivity index (χ4v) is 4.64. The molecule has 0 saturated heterocycles. The van der Waals surface area contributed by atoms with E-state index in [0.717, 1.165) is 28.7 Å². The van der Waals surface area contributed by atoms with Crippen LogP contribution in [0.15, 0.2) is 48.5 Å². The average molecular weight is 467 g/mol. The Morgan fingerprint density at radius 3 is 2.06 bits per heavy atom. The minimum absolute atomic E-state index is 0.00350. The third-order valence-electron chi connectivity index (χ3n) is 6.23. The van der Waals surface area contributed by atoms with E-state index in [2.05, 4.69) is 26.1 Å². The summed E-state index contributed by atoms with van der Waals surface area (Å²) < 4.78 is 5.51. The van der Waals surface area contributed by atoms with Crippen molar-refractivity contribution in [3.63, 3.8) is 0 Å². The zero-order valence-electron chi connectivity index (χ0n) is 20.5. The zero-order chi connectivity index (χ0) is 25.0. The monoisotopic (exact) mass is 466 g/mol. The molecule has 182 valence electrons. The summed E-state index contributed by atoms with van der Waals surface area (Å²) in [7, 11) is 1.63. The standard InChI is InChI=1S/C27H34N2O5/c1-17(15-27(2,3)4)29(5)25(32)23(14-24(30)31)28-26(33)34-16-22-20-12-8-6-10-18(20)19-11-7-9-13-21(19)22/h6-13,17,22-23H,14-16H2,1-5H3,(H,28,33)(H,30,31). The van der Waals surface area contributed by atoms with E-state index in [0.29, 0.717) is 0 Å². The maximum absolute atomic E-state index is 13.0. The van der Waals surface area contributed by atoms with Crippen LogP contribution in [0.25, 0.3) is 11.1 Å². The van der Waals surface area contributed by atoms with Crippen LogP contribution in [0.5, 0.6) is 0 Å². The highest BCUT2D eigenvalue weighted by Crippen LogP contribution is 2.44. The number of carbonyl (C=O) groups is 3. The van der Waals surface area contributed by atoms with Crippen molar-refractivity contribution in [3.8, 4) is 11.1 Å². The molecule has 2 N–H and O–H groups in total. The molecule has 0 saturated carbocycles. The van der Waals surface area contributed by atoms with Gasteiger partial charge in [-0.25, -0.2) is 4.79 Å². The lowest BCUT2D eigenvalue weighted by molar-refractivity contribution is -0.143. The van der Waals surface area contributed by atoms with Crippen LogP contribution in [0.3, 0.4) is 0 Å². The van der Waals surface area contributed by atoms with Gasteiger partial charge in [-0.15, -0.1) is 0 Å². The largest absolute Gasteiger partial charge is 0.481 e. The maximum atomic E-state index is 13.0. The zero-order valence-corrected chi connectivity index (χ0v) is 20.5. The Morgan fingerprint density at radius 1 is 1.03 bits per heavy atom. The third kappa shape index (κ3) is 5.95. The second kappa shape index (κ2) is 10.3. The first-order valence-electron chi connectivity index (χ1n) is 11.6. The SMILES string of the molecule is CC(CC(C)(C)C)N(C)C(=O)C(CC(=O)O)NC(=O)OCC1c2ccccc2-c2ccccc21. The maximum Gasteiger partial charge on any atom is 0.407 e. The van der Waals surface area contributed by atoms with Gasteiger partial charge in [0.25, 0.3) is 0 Å². The van der Waals surface area contributed by atoms with Crippen molar-refractivity contribution in [2.45, 2.75) is 58.5 Å². The molecule has 0 aliphatic heterocycles. The van der Waals surface area contributed by atoms with Gasteiger partial charge in [-0.1, -0.05) is 69.3 Å². The second-order valence-corrected chi connectivity index (χ2v) is 10.2. The topological polar surface area (TPSA) is 95.9 Å². The summed E-state index contributed by atoms with van der Waals surface area (Å²) in [6.45, 7) is 8.22. The summed E-state index contributed by atoms with van der Waals surface area (Å²) in [5, 5.41) is 11.8. The van der Waals surface area contributed by atoms with Gasteiger partial charge in [0, 0.05) is 19.0 Å². The van der Waals surface area contributed by atoms with Crippen molar-refractivity contribution in [2.24, 2.45) is 5.41 Å². The van der Waals surface area contributed by atoms with Gasteiger partial charge in [0.15, 0.2) is 0 Å². The van der Waals surface area contributed by atoms with Gasteiger partial charge in [0.05, 0.1) is 6.42 Å². The molecule has 2 aromatic rings. The number of ether oxygens (including phenoxy) is 1. The molecule has 0 fully saturated rings. The number of carboxylic acid groups (broad SMARTS) is 1. The van der Waals surface area contributed by atoms with Gasteiger partial charge in [0.1, 0.15) is 12.6 Å². The van der Waals surface area contributed by atoms with Gasteiger partial charge in [-0.3, -0.25) is 9.59 Å². The van der Waals surface area contributed by atoms with Crippen LogP contribution in [-0.4, -0.2) is 53.7 Å². The number of carboxylic acids is 1. The molecule has 2 atom stereocenters. The van der Waals surface area contributed by atoms with Crippen molar-refractivity contribution in [1.82, 2.24) is 10.2 Å². The first-order chi connectivity index (χ1) is 16.0. The number of nitrogens with zero attached hydrogens (tertiary/aromatic N) is 1. The molecule has 34 heavy (non-hydrogen) atoms. The number of rotatable bonds is 8. The number of likely N-dealkylation sites (N-methyl/N-ethyl adjacent to an activating group) is 1. The number of benzene rings is 2. The number of carbonyl (C=O) groups excluding carboxylic acids is 2. The lowest BCUT2D eigenvalue weighted by Crippen LogP contribution is -2.51. The van der Waals surface area contributed by atoms with Crippen molar-refractivity contribution < 1.29 is 24.2 Å². The summed E-state index contributed by atoms with van der Waals surface area (Å²) in [6, 6.07) is 14.7. The number of aliphatic carboxylic acids is 1. The smallest absolute Gasteiger partial charge is 0.407 e. The first-order valence-corrected chi connectivity index (χ1v) is 11.6. The van der Waals surface area contributed by atoms with Gasteiger partial charge in [-0.05, 0) is 41.0 Å². The second-order valence-electron chi connectivity index (χ2n) is 10.2. The van der Waals surface area contributed by atoms with E-state index in [4.69, 9.17) is 4.74 Å². The summed E-state index contributed by atoms with van der Waals surface area (Å²) >= 11 is 0. The first kappa shape index (κ1) is 25.3. The predicted octanol–water partition coefficient (Wildman–Crippen LogP) is 4.65. The molecule has 0 spiro atoms. The Labute approximate surface area is 201 Å². The van der Waals surface area contributed by atoms with Crippen molar-refractivity contribution in [3.05, 3.63) is 59.7 Å². The van der Waals surface area contributed by atoms with Gasteiger partial charge < -0.3 is 20.1 Å². The van der Waals surface area contributed by atoms with Crippen LogP contribution in [0.4, 0.5) is 4.79 Å². The van der Waals surface area contributed by atoms with Gasteiger partial charge >= 0.3 is 12.1 Å². The van der Waals surface area contributed by atoms with Crippen molar-refractivity contribution >= 4 is 18.0 Å². The van der Waals surface area contributed by atoms with Crippen LogP contribution >= 0.6 is 0 Å². The predicted molar refractivity (Wildman–Crippen MR) is 131 cm³/mol. The molecule has 3 rings (SSSR count). The molecule has 0 bridgehead atoms. The Morgan fingerprint density at radius 2 is 1.56 bits per heavy atom. The van der Waals surface area contributed by atoms with E-state index < -0.39 is 30.4 Å². The Kier molecular flexibility index (Phi) is 7.64. The Balaban J connectivity index is 1.68. The van der Waals surface area contributed by atoms with E-state index in [-0.39, 0.29) is 24.0 Å². The molecule has 2 unspecified atom stereocenters. The number of alkyl carbamates (subject to hydrolysis) is 1. The van der Waals surface area contributed by atoms with E-state index in [1.165, 1.54) is 4.90 Å². The Hall–Kier alpha value is -3.35.